The Morgan fingerprint density at radius 1 is 1.55 bits per heavy atom. The predicted octanol–water partition coefficient (Wildman–Crippen LogP) is 3.22. The van der Waals surface area contributed by atoms with Gasteiger partial charge in [-0.1, -0.05) is 17.7 Å². The number of aromatic nitrogens is 1. The van der Waals surface area contributed by atoms with Gasteiger partial charge in [0.25, 0.3) is 5.91 Å². The fourth-order valence-electron chi connectivity index (χ4n) is 3.03. The van der Waals surface area contributed by atoms with Crippen LogP contribution >= 0.6 is 22.9 Å². The number of pyridine rings is 1. The molecular formula is C16H18ClN3OS. The highest BCUT2D eigenvalue weighted by molar-refractivity contribution is 7.10. The van der Waals surface area contributed by atoms with Crippen molar-refractivity contribution >= 4 is 28.8 Å². The van der Waals surface area contributed by atoms with E-state index in [-0.39, 0.29) is 5.91 Å². The zero-order valence-electron chi connectivity index (χ0n) is 12.3. The number of amides is 1. The minimum atomic E-state index is -0.133. The van der Waals surface area contributed by atoms with Crippen LogP contribution in [0.15, 0.2) is 36.0 Å². The molecule has 22 heavy (non-hydrogen) atoms. The first-order valence-corrected chi connectivity index (χ1v) is 8.54. The van der Waals surface area contributed by atoms with Gasteiger partial charge in [0.15, 0.2) is 0 Å². The van der Waals surface area contributed by atoms with Crippen molar-refractivity contribution < 1.29 is 4.79 Å². The maximum atomic E-state index is 12.3. The summed E-state index contributed by atoms with van der Waals surface area (Å²) in [5.74, 6) is 0.292. The lowest BCUT2D eigenvalue weighted by Gasteiger charge is -2.24. The van der Waals surface area contributed by atoms with Crippen LogP contribution in [0.4, 0.5) is 0 Å². The van der Waals surface area contributed by atoms with Gasteiger partial charge in [0.05, 0.1) is 10.6 Å². The van der Waals surface area contributed by atoms with Gasteiger partial charge in [-0.05, 0) is 43.4 Å². The summed E-state index contributed by atoms with van der Waals surface area (Å²) in [7, 11) is 2.14. The maximum Gasteiger partial charge on any atom is 0.252 e. The summed E-state index contributed by atoms with van der Waals surface area (Å²) in [6, 6.07) is 6.28. The highest BCUT2D eigenvalue weighted by atomic mass is 35.5. The fourth-order valence-corrected chi connectivity index (χ4v) is 4.22. The van der Waals surface area contributed by atoms with Crippen molar-refractivity contribution in [2.24, 2.45) is 5.92 Å². The van der Waals surface area contributed by atoms with Crippen molar-refractivity contribution in [3.8, 4) is 0 Å². The molecule has 1 N–H and O–H groups in total. The van der Waals surface area contributed by atoms with Crippen LogP contribution in [0.2, 0.25) is 5.02 Å². The number of hydrogen-bond acceptors (Lipinski definition) is 4. The van der Waals surface area contributed by atoms with Gasteiger partial charge < -0.3 is 5.32 Å². The summed E-state index contributed by atoms with van der Waals surface area (Å²) < 4.78 is 0. The van der Waals surface area contributed by atoms with E-state index in [0.29, 0.717) is 29.1 Å². The van der Waals surface area contributed by atoms with Crippen LogP contribution in [0.1, 0.15) is 27.7 Å². The van der Waals surface area contributed by atoms with Gasteiger partial charge in [-0.3, -0.25) is 14.7 Å². The van der Waals surface area contributed by atoms with Crippen molar-refractivity contribution in [1.82, 2.24) is 15.2 Å². The molecule has 116 valence electrons. The van der Waals surface area contributed by atoms with Crippen LogP contribution in [0.5, 0.6) is 0 Å². The summed E-state index contributed by atoms with van der Waals surface area (Å²) in [4.78, 5) is 19.9. The monoisotopic (exact) mass is 335 g/mol. The lowest BCUT2D eigenvalue weighted by molar-refractivity contribution is 0.0944. The van der Waals surface area contributed by atoms with E-state index < -0.39 is 0 Å². The maximum absolute atomic E-state index is 12.3. The molecule has 3 rings (SSSR count). The molecule has 2 atom stereocenters. The second-order valence-corrected chi connectivity index (χ2v) is 6.94. The molecule has 1 aliphatic rings. The molecule has 4 nitrogen and oxygen atoms in total. The van der Waals surface area contributed by atoms with Gasteiger partial charge in [0.1, 0.15) is 0 Å². The van der Waals surface area contributed by atoms with Crippen LogP contribution in [0.25, 0.3) is 0 Å². The Balaban J connectivity index is 1.66. The first-order chi connectivity index (χ1) is 10.7. The average molecular weight is 336 g/mol. The molecule has 0 spiro atoms. The second kappa shape index (κ2) is 6.77. The molecule has 1 aliphatic heterocycles. The van der Waals surface area contributed by atoms with Crippen LogP contribution in [0, 0.1) is 5.92 Å². The third kappa shape index (κ3) is 3.16. The number of hydrogen-bond donors (Lipinski definition) is 1. The van der Waals surface area contributed by atoms with Crippen molar-refractivity contribution in [3.63, 3.8) is 0 Å². The molecule has 1 amide bonds. The third-order valence-electron chi connectivity index (χ3n) is 4.15. The summed E-state index contributed by atoms with van der Waals surface area (Å²) >= 11 is 7.79. The van der Waals surface area contributed by atoms with Crippen molar-refractivity contribution in [2.45, 2.75) is 12.5 Å². The van der Waals surface area contributed by atoms with E-state index >= 15 is 0 Å². The highest BCUT2D eigenvalue weighted by Crippen LogP contribution is 2.37. The standard InChI is InChI=1S/C16H18ClN3OS/c1-20-7-5-11(15(20)14-3-2-8-22-14)9-19-16(21)12-4-6-18-10-13(12)17/h2-4,6,8,10-11,15H,5,7,9H2,1H3,(H,19,21)/t11-,15+/m1/s1. The van der Waals surface area contributed by atoms with Crippen LogP contribution in [-0.4, -0.2) is 35.9 Å². The molecule has 2 aromatic rings. The van der Waals surface area contributed by atoms with Gasteiger partial charge in [-0.25, -0.2) is 0 Å². The summed E-state index contributed by atoms with van der Waals surface area (Å²) in [5.41, 5.74) is 0.482. The molecule has 6 heteroatoms. The molecule has 0 bridgehead atoms. The Bertz CT molecular complexity index is 647. The Labute approximate surface area is 139 Å². The topological polar surface area (TPSA) is 45.2 Å². The molecule has 0 unspecified atom stereocenters. The van der Waals surface area contributed by atoms with Gasteiger partial charge in [0.2, 0.25) is 0 Å². The molecule has 0 aromatic carbocycles. The van der Waals surface area contributed by atoms with Gasteiger partial charge >= 0.3 is 0 Å². The zero-order chi connectivity index (χ0) is 15.5. The quantitative estimate of drug-likeness (QED) is 0.933. The number of carbonyl (C=O) groups is 1. The Hall–Kier alpha value is -1.43. The minimum Gasteiger partial charge on any atom is -0.352 e. The van der Waals surface area contributed by atoms with E-state index in [2.05, 4.69) is 39.8 Å². The molecule has 3 heterocycles. The number of nitrogens with zero attached hydrogens (tertiary/aromatic N) is 2. The second-order valence-electron chi connectivity index (χ2n) is 5.56. The van der Waals surface area contributed by atoms with Crippen LogP contribution in [-0.2, 0) is 0 Å². The normalized spacial score (nSPS) is 21.9. The smallest absolute Gasteiger partial charge is 0.252 e. The van der Waals surface area contributed by atoms with Crippen LogP contribution < -0.4 is 5.32 Å². The van der Waals surface area contributed by atoms with E-state index in [4.69, 9.17) is 11.6 Å². The number of carbonyl (C=O) groups excluding carboxylic acids is 1. The van der Waals surface area contributed by atoms with Gasteiger partial charge in [-0.15, -0.1) is 11.3 Å². The van der Waals surface area contributed by atoms with E-state index in [1.807, 2.05) is 0 Å². The molecule has 1 saturated heterocycles. The zero-order valence-corrected chi connectivity index (χ0v) is 13.9. The van der Waals surface area contributed by atoms with Gasteiger partial charge in [0, 0.05) is 29.9 Å². The number of rotatable bonds is 4. The molecule has 0 aliphatic carbocycles. The summed E-state index contributed by atoms with van der Waals surface area (Å²) in [5, 5.41) is 5.51. The fraction of sp³-hybridized carbons (Fsp3) is 0.375. The number of thiophene rings is 1. The van der Waals surface area contributed by atoms with E-state index in [9.17, 15) is 4.79 Å². The SMILES string of the molecule is CN1CC[C@H](CNC(=O)c2ccncc2Cl)[C@H]1c1cccs1. The lowest BCUT2D eigenvalue weighted by atomic mass is 9.99. The molecule has 2 aromatic heterocycles. The van der Waals surface area contributed by atoms with Gasteiger partial charge in [-0.2, -0.15) is 0 Å². The first kappa shape index (κ1) is 15.5. The lowest BCUT2D eigenvalue weighted by Crippen LogP contribution is -2.32. The highest BCUT2D eigenvalue weighted by Gasteiger charge is 2.33. The van der Waals surface area contributed by atoms with Crippen LogP contribution in [0.3, 0.4) is 0 Å². The number of halogens is 1. The number of nitrogens with one attached hydrogen (secondary N) is 1. The Morgan fingerprint density at radius 3 is 3.14 bits per heavy atom. The van der Waals surface area contributed by atoms with E-state index in [1.54, 1.807) is 23.6 Å². The molecule has 0 radical (unpaired) electrons. The van der Waals surface area contributed by atoms with Crippen molar-refractivity contribution in [2.75, 3.05) is 20.1 Å². The third-order valence-corrected chi connectivity index (χ3v) is 5.39. The number of likely N-dealkylation sites (tertiary alicyclic amines) is 1. The van der Waals surface area contributed by atoms with Crippen molar-refractivity contribution in [3.05, 3.63) is 51.4 Å². The Kier molecular flexibility index (Phi) is 4.76. The largest absolute Gasteiger partial charge is 0.352 e. The summed E-state index contributed by atoms with van der Waals surface area (Å²) in [6.07, 6.45) is 4.16. The average Bonchev–Trinajstić information content (AvgIpc) is 3.14. The predicted molar refractivity (Wildman–Crippen MR) is 89.4 cm³/mol. The first-order valence-electron chi connectivity index (χ1n) is 7.28. The van der Waals surface area contributed by atoms with E-state index in [0.717, 1.165) is 13.0 Å². The van der Waals surface area contributed by atoms with E-state index in [1.165, 1.54) is 11.1 Å². The molecule has 0 saturated carbocycles. The molecular weight excluding hydrogens is 318 g/mol. The Morgan fingerprint density at radius 2 is 2.41 bits per heavy atom. The van der Waals surface area contributed by atoms with Crippen molar-refractivity contribution in [1.29, 1.82) is 0 Å². The summed E-state index contributed by atoms with van der Waals surface area (Å²) in [6.45, 7) is 1.71. The molecule has 1 fully saturated rings. The minimum absolute atomic E-state index is 0.133.